The predicted molar refractivity (Wildman–Crippen MR) is 245 cm³/mol. The van der Waals surface area contributed by atoms with Crippen LogP contribution in [-0.4, -0.2) is 43.0 Å². The third-order valence-corrected chi connectivity index (χ3v) is 9.45. The fraction of sp³-hybridized carbons (Fsp3) is 0.298. The Morgan fingerprint density at radius 1 is 0.667 bits per heavy atom. The SMILES string of the molecule is CCCCCc1ccc(C(=O)Nc2ccccc2-c2cnc(N)[nH]2)cc1.CCCCCc1ccc(C(=O)Nc2ccccc2-c2cnc(N)n2C(=O)OC(C)(C)C)cc1.Cl. The number of H-pyrrole nitrogens is 1. The van der Waals surface area contributed by atoms with E-state index >= 15 is 0 Å². The number of anilines is 4. The molecule has 0 unspecified atom stereocenters. The van der Waals surface area contributed by atoms with Crippen LogP contribution in [0.15, 0.2) is 109 Å². The zero-order chi connectivity index (χ0) is 42.4. The van der Waals surface area contributed by atoms with E-state index < -0.39 is 11.7 Å². The highest BCUT2D eigenvalue weighted by atomic mass is 35.5. The van der Waals surface area contributed by atoms with E-state index in [1.807, 2.05) is 84.9 Å². The van der Waals surface area contributed by atoms with Crippen molar-refractivity contribution in [3.05, 3.63) is 132 Å². The number of hydrogen-bond acceptors (Lipinski definition) is 8. The number of hydrogen-bond donors (Lipinski definition) is 5. The van der Waals surface area contributed by atoms with E-state index in [4.69, 9.17) is 16.2 Å². The van der Waals surface area contributed by atoms with Gasteiger partial charge in [-0.1, -0.05) is 100 Å². The molecule has 0 spiro atoms. The molecule has 0 atom stereocenters. The Morgan fingerprint density at radius 3 is 1.62 bits per heavy atom. The van der Waals surface area contributed by atoms with E-state index in [0.29, 0.717) is 39.7 Å². The summed E-state index contributed by atoms with van der Waals surface area (Å²) in [6, 6.07) is 30.3. The number of carbonyl (C=O) groups excluding carboxylic acids is 3. The molecular formula is C47H57ClN8O4. The molecule has 7 N–H and O–H groups in total. The number of rotatable bonds is 14. The molecule has 0 aliphatic rings. The van der Waals surface area contributed by atoms with Crippen LogP contribution in [0.25, 0.3) is 22.5 Å². The first-order chi connectivity index (χ1) is 28.4. The molecule has 0 bridgehead atoms. The number of aromatic amines is 1. The summed E-state index contributed by atoms with van der Waals surface area (Å²) in [6.45, 7) is 9.71. The van der Waals surface area contributed by atoms with Crippen LogP contribution < -0.4 is 22.1 Å². The lowest BCUT2D eigenvalue weighted by molar-refractivity contribution is 0.0543. The van der Waals surface area contributed by atoms with Gasteiger partial charge in [0.25, 0.3) is 11.8 Å². The van der Waals surface area contributed by atoms with E-state index in [9.17, 15) is 14.4 Å². The molecule has 2 amide bonds. The lowest BCUT2D eigenvalue weighted by Crippen LogP contribution is -2.28. The molecule has 0 radical (unpaired) electrons. The maximum atomic E-state index is 12.9. The monoisotopic (exact) mass is 832 g/mol. The van der Waals surface area contributed by atoms with Crippen LogP contribution in [0.3, 0.4) is 0 Å². The molecule has 4 aromatic carbocycles. The number of aromatic nitrogens is 4. The van der Waals surface area contributed by atoms with Gasteiger partial charge in [-0.3, -0.25) is 9.59 Å². The minimum Gasteiger partial charge on any atom is -0.443 e. The number of halogens is 1. The maximum Gasteiger partial charge on any atom is 0.421 e. The average molecular weight is 833 g/mol. The molecule has 0 saturated carbocycles. The molecule has 0 fully saturated rings. The van der Waals surface area contributed by atoms with Crippen molar-refractivity contribution < 1.29 is 19.1 Å². The van der Waals surface area contributed by atoms with Crippen LogP contribution in [0.2, 0.25) is 0 Å². The number of para-hydroxylation sites is 2. The van der Waals surface area contributed by atoms with Crippen molar-refractivity contribution in [1.29, 1.82) is 0 Å². The minimum atomic E-state index is -0.693. The normalized spacial score (nSPS) is 10.8. The molecule has 2 heterocycles. The first kappa shape index (κ1) is 46.3. The van der Waals surface area contributed by atoms with E-state index in [-0.39, 0.29) is 30.2 Å². The van der Waals surface area contributed by atoms with Crippen LogP contribution in [-0.2, 0) is 17.6 Å². The van der Waals surface area contributed by atoms with Gasteiger partial charge >= 0.3 is 6.09 Å². The highest BCUT2D eigenvalue weighted by Gasteiger charge is 2.24. The Labute approximate surface area is 359 Å². The van der Waals surface area contributed by atoms with Gasteiger partial charge in [0, 0.05) is 22.3 Å². The van der Waals surface area contributed by atoms with Crippen molar-refractivity contribution in [2.24, 2.45) is 0 Å². The summed E-state index contributed by atoms with van der Waals surface area (Å²) >= 11 is 0. The molecule has 0 saturated heterocycles. The summed E-state index contributed by atoms with van der Waals surface area (Å²) in [6.07, 6.45) is 11.7. The number of nitrogens with two attached hydrogens (primary N) is 2. The van der Waals surface area contributed by atoms with Gasteiger partial charge in [0.1, 0.15) is 5.60 Å². The maximum absolute atomic E-state index is 12.9. The molecule has 12 nitrogen and oxygen atoms in total. The Bertz CT molecular complexity index is 2310. The molecule has 6 aromatic rings. The van der Waals surface area contributed by atoms with Crippen LogP contribution >= 0.6 is 12.4 Å². The van der Waals surface area contributed by atoms with Gasteiger partial charge in [-0.15, -0.1) is 12.4 Å². The number of benzene rings is 4. The number of nitrogens with one attached hydrogen (secondary N) is 3. The van der Waals surface area contributed by atoms with Crippen molar-refractivity contribution in [3.63, 3.8) is 0 Å². The molecule has 0 aliphatic carbocycles. The zero-order valence-electron chi connectivity index (χ0n) is 35.1. The lowest BCUT2D eigenvalue weighted by atomic mass is 10.0. The Kier molecular flexibility index (Phi) is 17.1. The molecule has 0 aliphatic heterocycles. The number of ether oxygens (including phenoxy) is 1. The van der Waals surface area contributed by atoms with Crippen LogP contribution in [0.4, 0.5) is 28.1 Å². The van der Waals surface area contributed by atoms with E-state index in [2.05, 4.69) is 39.4 Å². The molecule has 2 aromatic heterocycles. The summed E-state index contributed by atoms with van der Waals surface area (Å²) < 4.78 is 6.69. The van der Waals surface area contributed by atoms with Crippen LogP contribution in [0.5, 0.6) is 0 Å². The zero-order valence-corrected chi connectivity index (χ0v) is 35.9. The number of nitrogen functional groups attached to an aromatic ring is 2. The smallest absolute Gasteiger partial charge is 0.421 e. The van der Waals surface area contributed by atoms with Crippen LogP contribution in [0.1, 0.15) is 105 Å². The standard InChI is InChI=1S/C26H32N4O3.C21H24N4O.ClH/c1-5-6-7-10-18-13-15-19(16-14-18)23(31)29-21-12-9-8-11-20(21)22-17-28-24(27)30(22)25(32)33-26(2,3)4;1-2-3-4-7-15-10-12-16(13-11-15)20(26)24-18-9-6-5-8-17(18)19-14-23-21(22)25-19;/h8-9,11-17H,5-7,10H2,1-4H3,(H2,27,28)(H,29,31);5-6,8-14H,2-4,7H2,1H3,(H,24,26)(H3,22,23,25);1H. The van der Waals surface area contributed by atoms with E-state index in [1.165, 1.54) is 54.0 Å². The fourth-order valence-corrected chi connectivity index (χ4v) is 6.36. The van der Waals surface area contributed by atoms with E-state index in [1.54, 1.807) is 39.1 Å². The summed E-state index contributed by atoms with van der Waals surface area (Å²) in [7, 11) is 0. The molecular weight excluding hydrogens is 776 g/mol. The number of carbonyl (C=O) groups is 3. The van der Waals surface area contributed by atoms with Crippen molar-refractivity contribution in [3.8, 4) is 22.5 Å². The molecule has 6 rings (SSSR count). The number of imidazole rings is 2. The minimum absolute atomic E-state index is 0. The summed E-state index contributed by atoms with van der Waals surface area (Å²) in [5.74, 6) is -0.0114. The van der Waals surface area contributed by atoms with Crippen molar-refractivity contribution >= 4 is 53.6 Å². The van der Waals surface area contributed by atoms with Crippen molar-refractivity contribution in [2.45, 2.75) is 91.6 Å². The van der Waals surface area contributed by atoms with Gasteiger partial charge in [-0.05, 0) is 94.0 Å². The van der Waals surface area contributed by atoms with E-state index in [0.717, 1.165) is 30.5 Å². The van der Waals surface area contributed by atoms with Gasteiger partial charge < -0.3 is 31.8 Å². The average Bonchev–Trinajstić information content (AvgIpc) is 3.83. The van der Waals surface area contributed by atoms with Gasteiger partial charge in [-0.2, -0.15) is 0 Å². The third kappa shape index (κ3) is 13.1. The van der Waals surface area contributed by atoms with Crippen molar-refractivity contribution in [1.82, 2.24) is 19.5 Å². The predicted octanol–water partition coefficient (Wildman–Crippen LogP) is 11.0. The van der Waals surface area contributed by atoms with Gasteiger partial charge in [0.05, 0.1) is 35.2 Å². The second-order valence-electron chi connectivity index (χ2n) is 15.3. The summed E-state index contributed by atoms with van der Waals surface area (Å²) in [5.41, 5.74) is 18.5. The highest BCUT2D eigenvalue weighted by molar-refractivity contribution is 6.07. The fourth-order valence-electron chi connectivity index (χ4n) is 6.36. The number of nitrogens with zero attached hydrogens (tertiary/aromatic N) is 3. The number of aryl methyl sites for hydroxylation is 2. The first-order valence-electron chi connectivity index (χ1n) is 20.2. The summed E-state index contributed by atoms with van der Waals surface area (Å²) in [4.78, 5) is 49.4. The molecule has 13 heteroatoms. The Morgan fingerprint density at radius 2 is 1.15 bits per heavy atom. The summed E-state index contributed by atoms with van der Waals surface area (Å²) in [5, 5.41) is 5.93. The lowest BCUT2D eigenvalue weighted by Gasteiger charge is -2.21. The molecule has 60 heavy (non-hydrogen) atoms. The molecule has 316 valence electrons. The highest BCUT2D eigenvalue weighted by Crippen LogP contribution is 2.31. The topological polar surface area (TPSA) is 183 Å². The van der Waals surface area contributed by atoms with Crippen LogP contribution in [0, 0.1) is 0 Å². The van der Waals surface area contributed by atoms with Gasteiger partial charge in [0.2, 0.25) is 5.95 Å². The quantitative estimate of drug-likeness (QED) is 0.0672. The Hall–Kier alpha value is -6.40. The number of amides is 2. The van der Waals surface area contributed by atoms with Gasteiger partial charge in [-0.25, -0.2) is 19.3 Å². The number of unbranched alkanes of at least 4 members (excludes halogenated alkanes) is 4. The third-order valence-electron chi connectivity index (χ3n) is 9.45. The van der Waals surface area contributed by atoms with Crippen molar-refractivity contribution in [2.75, 3.05) is 22.1 Å². The second kappa shape index (κ2) is 22.1. The Balaban J connectivity index is 0.000000267. The first-order valence-corrected chi connectivity index (χ1v) is 20.2. The van der Waals surface area contributed by atoms with Gasteiger partial charge in [0.15, 0.2) is 5.95 Å². The largest absolute Gasteiger partial charge is 0.443 e. The second-order valence-corrected chi connectivity index (χ2v) is 15.3.